The van der Waals surface area contributed by atoms with Crippen molar-refractivity contribution < 1.29 is 9.59 Å². The zero-order valence-electron chi connectivity index (χ0n) is 18.5. The van der Waals surface area contributed by atoms with Gasteiger partial charge in [-0.25, -0.2) is 0 Å². The number of terminal acetylenes is 1. The lowest BCUT2D eigenvalue weighted by Gasteiger charge is -2.42. The van der Waals surface area contributed by atoms with E-state index in [4.69, 9.17) is 6.42 Å². The molecular weight excluding hydrogens is 394 g/mol. The summed E-state index contributed by atoms with van der Waals surface area (Å²) in [6, 6.07) is 1.84. The SMILES string of the molecule is C#CCCC1(CCC(=O)N2CCN(C3CCCN(c4cc(C)nn4C)C3=O)CC2)N=N1. The quantitative estimate of drug-likeness (QED) is 0.623. The Hall–Kier alpha value is -2.73. The lowest BCUT2D eigenvalue weighted by Crippen LogP contribution is -2.58. The molecule has 4 heterocycles. The van der Waals surface area contributed by atoms with E-state index in [9.17, 15) is 9.59 Å². The highest BCUT2D eigenvalue weighted by Crippen LogP contribution is 2.37. The molecule has 166 valence electrons. The van der Waals surface area contributed by atoms with Crippen LogP contribution >= 0.6 is 0 Å². The molecule has 0 bridgehead atoms. The van der Waals surface area contributed by atoms with E-state index in [0.717, 1.165) is 50.4 Å². The van der Waals surface area contributed by atoms with Gasteiger partial charge >= 0.3 is 0 Å². The minimum atomic E-state index is -0.411. The van der Waals surface area contributed by atoms with Crippen LogP contribution in [-0.4, -0.2) is 75.8 Å². The summed E-state index contributed by atoms with van der Waals surface area (Å²) < 4.78 is 1.78. The molecule has 0 N–H and O–H groups in total. The third-order valence-electron chi connectivity index (χ3n) is 6.56. The van der Waals surface area contributed by atoms with E-state index in [2.05, 4.69) is 26.1 Å². The van der Waals surface area contributed by atoms with Gasteiger partial charge in [-0.05, 0) is 19.8 Å². The molecule has 1 aromatic rings. The van der Waals surface area contributed by atoms with Gasteiger partial charge in [0.25, 0.3) is 0 Å². The fourth-order valence-corrected chi connectivity index (χ4v) is 4.69. The van der Waals surface area contributed by atoms with Crippen molar-refractivity contribution in [1.29, 1.82) is 0 Å². The Labute approximate surface area is 183 Å². The molecule has 1 aromatic heterocycles. The number of aryl methyl sites for hydroxylation is 2. The minimum absolute atomic E-state index is 0.127. The number of hydrogen-bond acceptors (Lipinski definition) is 6. The first-order chi connectivity index (χ1) is 14.9. The Morgan fingerprint density at radius 2 is 1.97 bits per heavy atom. The Morgan fingerprint density at radius 3 is 2.58 bits per heavy atom. The molecule has 9 nitrogen and oxygen atoms in total. The van der Waals surface area contributed by atoms with Crippen LogP contribution in [0.3, 0.4) is 0 Å². The maximum atomic E-state index is 13.2. The predicted molar refractivity (Wildman–Crippen MR) is 116 cm³/mol. The summed E-state index contributed by atoms with van der Waals surface area (Å²) in [5, 5.41) is 12.6. The second-order valence-corrected chi connectivity index (χ2v) is 8.72. The van der Waals surface area contributed by atoms with Crippen molar-refractivity contribution in [3.63, 3.8) is 0 Å². The van der Waals surface area contributed by atoms with Crippen LogP contribution in [0.1, 0.15) is 44.2 Å². The molecule has 0 aliphatic carbocycles. The second kappa shape index (κ2) is 8.79. The fourth-order valence-electron chi connectivity index (χ4n) is 4.69. The summed E-state index contributed by atoms with van der Waals surface area (Å²) >= 11 is 0. The van der Waals surface area contributed by atoms with E-state index >= 15 is 0 Å². The Morgan fingerprint density at radius 1 is 1.23 bits per heavy atom. The zero-order chi connectivity index (χ0) is 22.0. The van der Waals surface area contributed by atoms with Gasteiger partial charge in [-0.2, -0.15) is 15.3 Å². The lowest BCUT2D eigenvalue weighted by molar-refractivity contribution is -0.134. The van der Waals surface area contributed by atoms with Crippen molar-refractivity contribution >= 4 is 17.6 Å². The van der Waals surface area contributed by atoms with Crippen molar-refractivity contribution in [2.75, 3.05) is 37.6 Å². The number of piperidine rings is 1. The van der Waals surface area contributed by atoms with Gasteiger partial charge in [0, 0.05) is 71.5 Å². The van der Waals surface area contributed by atoms with E-state index in [1.54, 1.807) is 4.68 Å². The molecule has 9 heteroatoms. The second-order valence-electron chi connectivity index (χ2n) is 8.72. The molecule has 1 unspecified atom stereocenters. The molecule has 31 heavy (non-hydrogen) atoms. The molecule has 2 saturated heterocycles. The average molecular weight is 426 g/mol. The number of carbonyl (C=O) groups excluding carboxylic acids is 2. The van der Waals surface area contributed by atoms with Gasteiger partial charge < -0.3 is 4.90 Å². The predicted octanol–water partition coefficient (Wildman–Crippen LogP) is 1.72. The lowest BCUT2D eigenvalue weighted by atomic mass is 10.0. The zero-order valence-corrected chi connectivity index (χ0v) is 18.5. The summed E-state index contributed by atoms with van der Waals surface area (Å²) in [5.74, 6) is 3.75. The van der Waals surface area contributed by atoms with Gasteiger partial charge in [-0.1, -0.05) is 0 Å². The summed E-state index contributed by atoms with van der Waals surface area (Å²) in [6.45, 7) is 5.41. The number of anilines is 1. The summed E-state index contributed by atoms with van der Waals surface area (Å²) in [6.07, 6.45) is 9.58. The highest BCUT2D eigenvalue weighted by molar-refractivity contribution is 5.97. The largest absolute Gasteiger partial charge is 0.340 e. The van der Waals surface area contributed by atoms with E-state index < -0.39 is 5.66 Å². The number of hydrogen-bond donors (Lipinski definition) is 0. The third kappa shape index (κ3) is 4.64. The van der Waals surface area contributed by atoms with Gasteiger partial charge in [0.2, 0.25) is 11.8 Å². The summed E-state index contributed by atoms with van der Waals surface area (Å²) in [5.41, 5.74) is 0.499. The molecular formula is C22H31N7O2. The van der Waals surface area contributed by atoms with Crippen LogP contribution in [0.15, 0.2) is 16.3 Å². The van der Waals surface area contributed by atoms with E-state index in [1.165, 1.54) is 0 Å². The van der Waals surface area contributed by atoms with Crippen molar-refractivity contribution in [1.82, 2.24) is 19.6 Å². The molecule has 3 aliphatic heterocycles. The van der Waals surface area contributed by atoms with Crippen molar-refractivity contribution in [3.8, 4) is 12.3 Å². The smallest absolute Gasteiger partial charge is 0.245 e. The van der Waals surface area contributed by atoms with Crippen LogP contribution in [0.4, 0.5) is 5.82 Å². The number of nitrogens with zero attached hydrogens (tertiary/aromatic N) is 7. The van der Waals surface area contributed by atoms with E-state index in [-0.39, 0.29) is 17.9 Å². The molecule has 3 aliphatic rings. The molecule has 1 atom stereocenters. The Bertz CT molecular complexity index is 901. The van der Waals surface area contributed by atoms with Gasteiger partial charge in [-0.3, -0.25) is 24.1 Å². The topological polar surface area (TPSA) is 86.4 Å². The normalized spacial score (nSPS) is 23.1. The molecule has 4 rings (SSSR count). The van der Waals surface area contributed by atoms with Crippen LogP contribution in [0.25, 0.3) is 0 Å². The van der Waals surface area contributed by atoms with Gasteiger partial charge in [-0.15, -0.1) is 12.3 Å². The number of aromatic nitrogens is 2. The van der Waals surface area contributed by atoms with Crippen LogP contribution in [0.2, 0.25) is 0 Å². The van der Waals surface area contributed by atoms with Crippen LogP contribution in [0, 0.1) is 19.3 Å². The first-order valence-corrected chi connectivity index (χ1v) is 11.1. The highest BCUT2D eigenvalue weighted by Gasteiger charge is 2.40. The highest BCUT2D eigenvalue weighted by atomic mass is 16.2. The Balaban J connectivity index is 1.28. The molecule has 0 aromatic carbocycles. The fraction of sp³-hybridized carbons (Fsp3) is 0.682. The minimum Gasteiger partial charge on any atom is -0.340 e. The number of amides is 2. The molecule has 0 saturated carbocycles. The van der Waals surface area contributed by atoms with Crippen molar-refractivity contribution in [2.24, 2.45) is 17.3 Å². The van der Waals surface area contributed by atoms with Crippen LogP contribution < -0.4 is 4.90 Å². The van der Waals surface area contributed by atoms with Gasteiger partial charge in [0.1, 0.15) is 5.82 Å². The molecule has 0 spiro atoms. The standard InChI is InChI=1S/C22H31N7O2/c1-4-5-9-22(24-25-22)10-8-20(30)28-14-12-27(13-15-28)18-7-6-11-29(21(18)31)19-16-17(2)23-26(19)3/h1,16,18H,5-15H2,2-3H3. The average Bonchev–Trinajstić information content (AvgIpc) is 3.47. The molecule has 2 amide bonds. The van der Waals surface area contributed by atoms with E-state index in [0.29, 0.717) is 32.4 Å². The molecule has 2 fully saturated rings. The van der Waals surface area contributed by atoms with Crippen LogP contribution in [0.5, 0.6) is 0 Å². The number of rotatable bonds is 7. The maximum absolute atomic E-state index is 13.2. The Kier molecular flexibility index (Phi) is 6.10. The first-order valence-electron chi connectivity index (χ1n) is 11.1. The third-order valence-corrected chi connectivity index (χ3v) is 6.56. The van der Waals surface area contributed by atoms with E-state index in [1.807, 2.05) is 29.8 Å². The number of carbonyl (C=O) groups is 2. The first kappa shape index (κ1) is 21.5. The summed E-state index contributed by atoms with van der Waals surface area (Å²) in [7, 11) is 1.88. The van der Waals surface area contributed by atoms with Crippen molar-refractivity contribution in [3.05, 3.63) is 11.8 Å². The number of piperazine rings is 1. The summed E-state index contributed by atoms with van der Waals surface area (Å²) in [4.78, 5) is 31.9. The monoisotopic (exact) mass is 425 g/mol. The maximum Gasteiger partial charge on any atom is 0.245 e. The van der Waals surface area contributed by atoms with Crippen molar-refractivity contribution in [2.45, 2.75) is 57.2 Å². The van der Waals surface area contributed by atoms with Crippen LogP contribution in [-0.2, 0) is 16.6 Å². The van der Waals surface area contributed by atoms with Gasteiger partial charge in [0.05, 0.1) is 11.7 Å². The van der Waals surface area contributed by atoms with Gasteiger partial charge in [0.15, 0.2) is 5.66 Å². The molecule has 0 radical (unpaired) electrons.